The molecule has 1 amide bonds. The van der Waals surface area contributed by atoms with Crippen molar-refractivity contribution in [3.8, 4) is 11.5 Å². The van der Waals surface area contributed by atoms with Crippen LogP contribution < -0.4 is 10.1 Å². The second kappa shape index (κ2) is 4.89. The van der Waals surface area contributed by atoms with Gasteiger partial charge in [-0.25, -0.2) is 0 Å². The average molecular weight is 269 g/mol. The first kappa shape index (κ1) is 12.5. The molecule has 2 aromatic carbocycles. The predicted octanol–water partition coefficient (Wildman–Crippen LogP) is 2.56. The van der Waals surface area contributed by atoms with Gasteiger partial charge in [0.15, 0.2) is 0 Å². The van der Waals surface area contributed by atoms with E-state index in [1.807, 2.05) is 24.3 Å². The first-order valence-corrected chi connectivity index (χ1v) is 6.48. The Bertz CT molecular complexity index is 667. The zero-order chi connectivity index (χ0) is 14.1. The van der Waals surface area contributed by atoms with Gasteiger partial charge in [0, 0.05) is 16.7 Å². The van der Waals surface area contributed by atoms with Crippen LogP contribution in [-0.4, -0.2) is 17.6 Å². The molecule has 0 saturated carbocycles. The number of fused-ring (bicyclic) bond motifs is 1. The van der Waals surface area contributed by atoms with Crippen molar-refractivity contribution in [1.29, 1.82) is 0 Å². The van der Waals surface area contributed by atoms with Crippen LogP contribution in [0.25, 0.3) is 0 Å². The fourth-order valence-corrected chi connectivity index (χ4v) is 2.39. The van der Waals surface area contributed by atoms with Gasteiger partial charge >= 0.3 is 0 Å². The molecule has 20 heavy (non-hydrogen) atoms. The van der Waals surface area contributed by atoms with Gasteiger partial charge in [-0.2, -0.15) is 0 Å². The lowest BCUT2D eigenvalue weighted by atomic mass is 10.1. The highest BCUT2D eigenvalue weighted by atomic mass is 16.5. The molecule has 1 aliphatic heterocycles. The second-order valence-electron chi connectivity index (χ2n) is 4.82. The Balaban J connectivity index is 1.83. The summed E-state index contributed by atoms with van der Waals surface area (Å²) < 4.78 is 5.54. The summed E-state index contributed by atoms with van der Waals surface area (Å²) in [6.07, 6.45) is 0. The minimum absolute atomic E-state index is 0.126. The molecule has 1 aliphatic rings. The number of phenols is 1. The predicted molar refractivity (Wildman–Crippen MR) is 75.0 cm³/mol. The van der Waals surface area contributed by atoms with Gasteiger partial charge in [-0.3, -0.25) is 4.79 Å². The molecule has 1 heterocycles. The lowest BCUT2D eigenvalue weighted by Gasteiger charge is -2.13. The summed E-state index contributed by atoms with van der Waals surface area (Å²) in [6, 6.07) is 12.4. The van der Waals surface area contributed by atoms with E-state index in [0.717, 1.165) is 11.3 Å². The maximum absolute atomic E-state index is 12.3. The highest BCUT2D eigenvalue weighted by Gasteiger charge is 2.26. The van der Waals surface area contributed by atoms with Crippen molar-refractivity contribution in [2.45, 2.75) is 13.0 Å². The Labute approximate surface area is 117 Å². The number of para-hydroxylation sites is 1. The van der Waals surface area contributed by atoms with E-state index in [9.17, 15) is 9.90 Å². The summed E-state index contributed by atoms with van der Waals surface area (Å²) in [4.78, 5) is 12.3. The summed E-state index contributed by atoms with van der Waals surface area (Å²) in [7, 11) is 0. The molecule has 0 spiro atoms. The fraction of sp³-hybridized carbons (Fsp3) is 0.188. The lowest BCUT2D eigenvalue weighted by Crippen LogP contribution is -2.29. The molecule has 3 rings (SSSR count). The molecule has 4 nitrogen and oxygen atoms in total. The molecule has 4 heteroatoms. The number of carbonyl (C=O) groups is 1. The van der Waals surface area contributed by atoms with Crippen molar-refractivity contribution in [3.63, 3.8) is 0 Å². The van der Waals surface area contributed by atoms with Gasteiger partial charge in [0.25, 0.3) is 5.91 Å². The Kier molecular flexibility index (Phi) is 3.06. The van der Waals surface area contributed by atoms with Gasteiger partial charge in [0.05, 0.1) is 6.04 Å². The number of rotatable bonds is 2. The zero-order valence-electron chi connectivity index (χ0n) is 11.1. The summed E-state index contributed by atoms with van der Waals surface area (Å²) in [5.41, 5.74) is 2.05. The molecule has 0 aliphatic carbocycles. The summed E-state index contributed by atoms with van der Waals surface area (Å²) in [5.74, 6) is 0.731. The molecule has 1 unspecified atom stereocenters. The number of hydrogen-bond donors (Lipinski definition) is 2. The standard InChI is InChI=1S/C16H15NO3/c1-10-11(6-4-7-14(10)18)16(19)17-13-9-20-15-8-3-2-5-12(13)15/h2-8,13,18H,9H2,1H3,(H,17,19). The SMILES string of the molecule is Cc1c(O)cccc1C(=O)NC1COc2ccccc21. The number of amides is 1. The lowest BCUT2D eigenvalue weighted by molar-refractivity contribution is 0.0929. The Hall–Kier alpha value is -2.49. The number of phenolic OH excluding ortho intramolecular Hbond substituents is 1. The maximum Gasteiger partial charge on any atom is 0.252 e. The highest BCUT2D eigenvalue weighted by Crippen LogP contribution is 2.32. The van der Waals surface area contributed by atoms with Gasteiger partial charge in [-0.15, -0.1) is 0 Å². The van der Waals surface area contributed by atoms with Crippen molar-refractivity contribution in [3.05, 3.63) is 59.2 Å². The third-order valence-corrected chi connectivity index (χ3v) is 3.56. The molecular formula is C16H15NO3. The van der Waals surface area contributed by atoms with Crippen molar-refractivity contribution < 1.29 is 14.6 Å². The number of ether oxygens (including phenoxy) is 1. The second-order valence-corrected chi connectivity index (χ2v) is 4.82. The van der Waals surface area contributed by atoms with Gasteiger partial charge < -0.3 is 15.2 Å². The van der Waals surface area contributed by atoms with Crippen LogP contribution >= 0.6 is 0 Å². The van der Waals surface area contributed by atoms with E-state index >= 15 is 0 Å². The summed E-state index contributed by atoms with van der Waals surface area (Å²) in [5, 5.41) is 12.6. The van der Waals surface area contributed by atoms with Crippen LogP contribution in [0.15, 0.2) is 42.5 Å². The molecule has 0 aromatic heterocycles. The minimum Gasteiger partial charge on any atom is -0.508 e. The van der Waals surface area contributed by atoms with E-state index in [0.29, 0.717) is 17.7 Å². The third-order valence-electron chi connectivity index (χ3n) is 3.56. The van der Waals surface area contributed by atoms with E-state index in [2.05, 4.69) is 5.32 Å². The van der Waals surface area contributed by atoms with Crippen molar-refractivity contribution >= 4 is 5.91 Å². The van der Waals surface area contributed by atoms with E-state index < -0.39 is 0 Å². The van der Waals surface area contributed by atoms with Gasteiger partial charge in [0.1, 0.15) is 18.1 Å². The van der Waals surface area contributed by atoms with E-state index in [-0.39, 0.29) is 17.7 Å². The van der Waals surface area contributed by atoms with Crippen LogP contribution in [0.2, 0.25) is 0 Å². The molecule has 0 fully saturated rings. The first-order valence-electron chi connectivity index (χ1n) is 6.48. The monoisotopic (exact) mass is 269 g/mol. The molecule has 1 atom stereocenters. The largest absolute Gasteiger partial charge is 0.508 e. The molecule has 0 bridgehead atoms. The zero-order valence-corrected chi connectivity index (χ0v) is 11.1. The van der Waals surface area contributed by atoms with Crippen LogP contribution in [0, 0.1) is 6.92 Å². The van der Waals surface area contributed by atoms with Crippen LogP contribution in [0.1, 0.15) is 27.5 Å². The Morgan fingerprint density at radius 2 is 2.05 bits per heavy atom. The fourth-order valence-electron chi connectivity index (χ4n) is 2.39. The number of hydrogen-bond acceptors (Lipinski definition) is 3. The van der Waals surface area contributed by atoms with Crippen LogP contribution in [0.4, 0.5) is 0 Å². The van der Waals surface area contributed by atoms with Crippen LogP contribution in [0.5, 0.6) is 11.5 Å². The Morgan fingerprint density at radius 3 is 2.90 bits per heavy atom. The Morgan fingerprint density at radius 1 is 1.25 bits per heavy atom. The quantitative estimate of drug-likeness (QED) is 0.881. The number of aromatic hydroxyl groups is 1. The molecule has 0 radical (unpaired) electrons. The first-order chi connectivity index (χ1) is 9.66. The summed E-state index contributed by atoms with van der Waals surface area (Å²) >= 11 is 0. The van der Waals surface area contributed by atoms with Gasteiger partial charge in [0.2, 0.25) is 0 Å². The van der Waals surface area contributed by atoms with E-state index in [1.54, 1.807) is 25.1 Å². The third kappa shape index (κ3) is 2.09. The number of carbonyl (C=O) groups excluding carboxylic acids is 1. The molecule has 2 N–H and O–H groups in total. The van der Waals surface area contributed by atoms with E-state index in [4.69, 9.17) is 4.74 Å². The van der Waals surface area contributed by atoms with Crippen LogP contribution in [0.3, 0.4) is 0 Å². The van der Waals surface area contributed by atoms with E-state index in [1.165, 1.54) is 0 Å². The van der Waals surface area contributed by atoms with Gasteiger partial charge in [-0.1, -0.05) is 24.3 Å². The molecular weight excluding hydrogens is 254 g/mol. The summed E-state index contributed by atoms with van der Waals surface area (Å²) in [6.45, 7) is 2.16. The average Bonchev–Trinajstić information content (AvgIpc) is 2.85. The highest BCUT2D eigenvalue weighted by molar-refractivity contribution is 5.96. The van der Waals surface area contributed by atoms with Gasteiger partial charge in [-0.05, 0) is 25.1 Å². The molecule has 2 aromatic rings. The normalized spacial score (nSPS) is 16.4. The topological polar surface area (TPSA) is 58.6 Å². The van der Waals surface area contributed by atoms with Crippen molar-refractivity contribution in [1.82, 2.24) is 5.32 Å². The minimum atomic E-state index is -0.205. The van der Waals surface area contributed by atoms with Crippen LogP contribution in [-0.2, 0) is 0 Å². The van der Waals surface area contributed by atoms with Crippen molar-refractivity contribution in [2.24, 2.45) is 0 Å². The maximum atomic E-state index is 12.3. The molecule has 0 saturated heterocycles. The molecule has 102 valence electrons. The number of benzene rings is 2. The smallest absolute Gasteiger partial charge is 0.252 e. The number of nitrogens with one attached hydrogen (secondary N) is 1. The van der Waals surface area contributed by atoms with Crippen molar-refractivity contribution in [2.75, 3.05) is 6.61 Å².